The van der Waals surface area contributed by atoms with Crippen LogP contribution in [0.2, 0.25) is 10.0 Å². The zero-order chi connectivity index (χ0) is 19.7. The molecule has 0 bridgehead atoms. The zero-order valence-electron chi connectivity index (χ0n) is 14.1. The molecule has 0 N–H and O–H groups in total. The quantitative estimate of drug-likeness (QED) is 0.431. The number of carbonyl (C=O) groups is 1. The number of carbonyl (C=O) groups excluding carboxylic acids is 1. The Morgan fingerprint density at radius 2 is 2.11 bits per heavy atom. The van der Waals surface area contributed by atoms with Crippen molar-refractivity contribution in [3.8, 4) is 0 Å². The Morgan fingerprint density at radius 3 is 2.81 bits per heavy atom. The van der Waals surface area contributed by atoms with E-state index >= 15 is 0 Å². The summed E-state index contributed by atoms with van der Waals surface area (Å²) in [5, 5.41) is 11.1. The van der Waals surface area contributed by atoms with E-state index in [2.05, 4.69) is 4.98 Å². The second-order valence-corrected chi connectivity index (χ2v) is 6.80. The molecule has 2 aromatic rings. The van der Waals surface area contributed by atoms with Crippen LogP contribution < -0.4 is 0 Å². The van der Waals surface area contributed by atoms with Crippen molar-refractivity contribution < 1.29 is 18.8 Å². The van der Waals surface area contributed by atoms with Gasteiger partial charge in [-0.15, -0.1) is 0 Å². The molecule has 1 aliphatic heterocycles. The van der Waals surface area contributed by atoms with Crippen LogP contribution in [-0.2, 0) is 4.74 Å². The van der Waals surface area contributed by atoms with Gasteiger partial charge in [0.25, 0.3) is 11.6 Å². The normalized spacial score (nSPS) is 17.0. The van der Waals surface area contributed by atoms with Crippen molar-refractivity contribution in [2.24, 2.45) is 0 Å². The highest BCUT2D eigenvalue weighted by molar-refractivity contribution is 6.35. The third-order valence-corrected chi connectivity index (χ3v) is 4.87. The van der Waals surface area contributed by atoms with Crippen LogP contribution in [0.5, 0.6) is 0 Å². The van der Waals surface area contributed by atoms with Crippen molar-refractivity contribution in [3.63, 3.8) is 0 Å². The van der Waals surface area contributed by atoms with Gasteiger partial charge in [-0.25, -0.2) is 4.39 Å². The Morgan fingerprint density at radius 1 is 1.37 bits per heavy atom. The highest BCUT2D eigenvalue weighted by atomic mass is 35.5. The van der Waals surface area contributed by atoms with E-state index in [0.717, 1.165) is 6.20 Å². The molecule has 1 amide bonds. The lowest BCUT2D eigenvalue weighted by molar-refractivity contribution is -0.385. The summed E-state index contributed by atoms with van der Waals surface area (Å²) in [4.78, 5) is 28.6. The summed E-state index contributed by atoms with van der Waals surface area (Å²) in [6.07, 6.45) is 0.457. The predicted octanol–water partition coefficient (Wildman–Crippen LogP) is 3.96. The highest BCUT2D eigenvalue weighted by Crippen LogP contribution is 2.33. The molecule has 1 atom stereocenters. The van der Waals surface area contributed by atoms with Gasteiger partial charge in [-0.05, 0) is 19.1 Å². The third kappa shape index (κ3) is 4.02. The van der Waals surface area contributed by atoms with Crippen LogP contribution in [0.25, 0.3) is 0 Å². The Bertz CT molecular complexity index is 925. The van der Waals surface area contributed by atoms with Crippen LogP contribution in [0.3, 0.4) is 0 Å². The molecule has 1 saturated heterocycles. The van der Waals surface area contributed by atoms with Gasteiger partial charge in [0.2, 0.25) is 0 Å². The summed E-state index contributed by atoms with van der Waals surface area (Å²) in [6.45, 7) is 2.20. The average molecular weight is 414 g/mol. The molecule has 0 unspecified atom stereocenters. The molecular weight excluding hydrogens is 400 g/mol. The lowest BCUT2D eigenvalue weighted by Gasteiger charge is -2.33. The highest BCUT2D eigenvalue weighted by Gasteiger charge is 2.29. The van der Waals surface area contributed by atoms with Gasteiger partial charge >= 0.3 is 0 Å². The number of morpholine rings is 1. The third-order valence-electron chi connectivity index (χ3n) is 4.25. The molecule has 27 heavy (non-hydrogen) atoms. The molecule has 1 aromatic heterocycles. The van der Waals surface area contributed by atoms with E-state index in [9.17, 15) is 19.3 Å². The maximum Gasteiger partial charge on any atom is 0.288 e. The second-order valence-electron chi connectivity index (χ2n) is 5.98. The predicted molar refractivity (Wildman–Crippen MR) is 96.6 cm³/mol. The molecule has 3 rings (SSSR count). The van der Waals surface area contributed by atoms with Crippen LogP contribution in [-0.4, -0.2) is 40.4 Å². The first-order valence-corrected chi connectivity index (χ1v) is 8.70. The maximum absolute atomic E-state index is 13.8. The molecule has 0 spiro atoms. The first kappa shape index (κ1) is 19.5. The summed E-state index contributed by atoms with van der Waals surface area (Å²) in [5.41, 5.74) is 0.629. The lowest BCUT2D eigenvalue weighted by atomic mass is 10.1. The van der Waals surface area contributed by atoms with E-state index in [1.165, 1.54) is 23.1 Å². The number of nitrogens with zero attached hydrogens (tertiary/aromatic N) is 3. The largest absolute Gasteiger partial charge is 0.370 e. The van der Waals surface area contributed by atoms with Crippen LogP contribution in [0.4, 0.5) is 10.1 Å². The summed E-state index contributed by atoms with van der Waals surface area (Å²) in [5.74, 6) is -1.05. The fourth-order valence-electron chi connectivity index (χ4n) is 2.82. The van der Waals surface area contributed by atoms with Crippen molar-refractivity contribution in [2.45, 2.75) is 13.0 Å². The van der Waals surface area contributed by atoms with Gasteiger partial charge < -0.3 is 9.64 Å². The van der Waals surface area contributed by atoms with E-state index in [4.69, 9.17) is 27.9 Å². The van der Waals surface area contributed by atoms with E-state index < -0.39 is 22.8 Å². The summed E-state index contributed by atoms with van der Waals surface area (Å²) >= 11 is 11.9. The van der Waals surface area contributed by atoms with Gasteiger partial charge in [-0.3, -0.25) is 19.9 Å². The number of halogens is 3. The van der Waals surface area contributed by atoms with Gasteiger partial charge in [-0.1, -0.05) is 23.2 Å². The topological polar surface area (TPSA) is 85.6 Å². The monoisotopic (exact) mass is 413 g/mol. The van der Waals surface area contributed by atoms with Gasteiger partial charge in [0, 0.05) is 23.2 Å². The molecular formula is C17H14Cl2FN3O4. The van der Waals surface area contributed by atoms with Crippen molar-refractivity contribution >= 4 is 34.8 Å². The molecule has 0 saturated carbocycles. The molecule has 2 heterocycles. The fraction of sp³-hybridized carbons (Fsp3) is 0.294. The summed E-state index contributed by atoms with van der Waals surface area (Å²) in [6, 6.07) is 3.67. The van der Waals surface area contributed by atoms with Gasteiger partial charge in [-0.2, -0.15) is 0 Å². The first-order valence-electron chi connectivity index (χ1n) is 7.94. The van der Waals surface area contributed by atoms with Gasteiger partial charge in [0.05, 0.1) is 34.4 Å². The van der Waals surface area contributed by atoms with E-state index in [1.807, 2.05) is 0 Å². The van der Waals surface area contributed by atoms with E-state index in [-0.39, 0.29) is 41.0 Å². The minimum atomic E-state index is -0.645. The first-order chi connectivity index (χ1) is 12.8. The van der Waals surface area contributed by atoms with Gasteiger partial charge in [0.1, 0.15) is 18.1 Å². The standard InChI is InChI=1S/C17H14Cl2FN3O4/c1-9-11(4-10(7-21-9)23(25)26)17(24)22-2-3-27-16(8-22)12-5-15(20)14(19)6-13(12)18/h4-7,16H,2-3,8H2,1H3/t16-/m0/s1. The van der Waals surface area contributed by atoms with Crippen molar-refractivity contribution in [1.82, 2.24) is 9.88 Å². The summed E-state index contributed by atoms with van der Waals surface area (Å²) in [7, 11) is 0. The number of rotatable bonds is 3. The SMILES string of the molecule is Cc1ncc([N+](=O)[O-])cc1C(=O)N1CCO[C@H](c2cc(F)c(Cl)cc2Cl)C1. The van der Waals surface area contributed by atoms with Crippen LogP contribution in [0.1, 0.15) is 27.7 Å². The molecule has 10 heteroatoms. The van der Waals surface area contributed by atoms with Gasteiger partial charge in [0.15, 0.2) is 0 Å². The number of hydrogen-bond donors (Lipinski definition) is 0. The number of benzene rings is 1. The van der Waals surface area contributed by atoms with Crippen molar-refractivity contribution in [1.29, 1.82) is 0 Å². The van der Waals surface area contributed by atoms with Crippen molar-refractivity contribution in [3.05, 3.63) is 67.2 Å². The Labute approximate surface area is 163 Å². The number of nitro groups is 1. The molecule has 142 valence electrons. The molecule has 0 aliphatic carbocycles. The number of hydrogen-bond acceptors (Lipinski definition) is 5. The molecule has 1 fully saturated rings. The molecule has 1 aliphatic rings. The van der Waals surface area contributed by atoms with Crippen molar-refractivity contribution in [2.75, 3.05) is 19.7 Å². The number of amides is 1. The zero-order valence-corrected chi connectivity index (χ0v) is 15.6. The molecule has 1 aromatic carbocycles. The summed E-state index contributed by atoms with van der Waals surface area (Å²) < 4.78 is 19.4. The van der Waals surface area contributed by atoms with E-state index in [0.29, 0.717) is 11.3 Å². The lowest BCUT2D eigenvalue weighted by Crippen LogP contribution is -2.42. The Hall–Kier alpha value is -2.29. The molecule has 0 radical (unpaired) electrons. The number of ether oxygens (including phenoxy) is 1. The molecule has 7 nitrogen and oxygen atoms in total. The number of aryl methyl sites for hydroxylation is 1. The minimum absolute atomic E-state index is 0.106. The van der Waals surface area contributed by atoms with Crippen LogP contribution in [0, 0.1) is 22.9 Å². The minimum Gasteiger partial charge on any atom is -0.370 e. The van der Waals surface area contributed by atoms with Crippen LogP contribution in [0.15, 0.2) is 24.4 Å². The smallest absolute Gasteiger partial charge is 0.288 e. The maximum atomic E-state index is 13.8. The average Bonchev–Trinajstić information content (AvgIpc) is 2.64. The van der Waals surface area contributed by atoms with E-state index in [1.54, 1.807) is 6.92 Å². The number of aromatic nitrogens is 1. The number of pyridine rings is 1. The van der Waals surface area contributed by atoms with Crippen LogP contribution >= 0.6 is 23.2 Å². The Balaban J connectivity index is 1.87. The second kappa shape index (κ2) is 7.75. The fourth-order valence-corrected chi connectivity index (χ4v) is 3.32. The Kier molecular flexibility index (Phi) is 5.59.